The zero-order valence-electron chi connectivity index (χ0n) is 21.1. The van der Waals surface area contributed by atoms with E-state index in [1.807, 2.05) is 0 Å². The third-order valence-electron chi connectivity index (χ3n) is 6.87. The summed E-state index contributed by atoms with van der Waals surface area (Å²) in [5.41, 5.74) is 0.744. The van der Waals surface area contributed by atoms with Crippen LogP contribution in [0.2, 0.25) is 0 Å². The Hall–Kier alpha value is -3.09. The molecule has 0 aliphatic heterocycles. The number of aromatic amines is 1. The summed E-state index contributed by atoms with van der Waals surface area (Å²) in [6.07, 6.45) is 0.119. The third kappa shape index (κ3) is 5.97. The van der Waals surface area contributed by atoms with Crippen LogP contribution in [0.1, 0.15) is 39.7 Å². The lowest BCUT2D eigenvalue weighted by atomic mass is 9.89. The van der Waals surface area contributed by atoms with Crippen molar-refractivity contribution >= 4 is 14.1 Å². The van der Waals surface area contributed by atoms with Crippen LogP contribution in [0, 0.1) is 11.3 Å². The molecule has 2 fully saturated rings. The highest BCUT2D eigenvalue weighted by Gasteiger charge is 2.67. The molecule has 0 amide bonds. The second-order valence-electron chi connectivity index (χ2n) is 9.83. The molecule has 1 spiro atoms. The first kappa shape index (κ1) is 27.9. The Balaban J connectivity index is 1.35. The number of esters is 1. The first-order valence-electron chi connectivity index (χ1n) is 12.2. The van der Waals surface area contributed by atoms with Gasteiger partial charge in [0.1, 0.15) is 17.9 Å². The van der Waals surface area contributed by atoms with Gasteiger partial charge in [0.05, 0.1) is 24.9 Å². The molecule has 0 radical (unpaired) electrons. The first-order chi connectivity index (χ1) is 18.0. The molecule has 4 N–H and O–H groups in total. The van der Waals surface area contributed by atoms with E-state index in [9.17, 15) is 29.5 Å². The van der Waals surface area contributed by atoms with Gasteiger partial charge in [0.25, 0.3) is 5.56 Å². The van der Waals surface area contributed by atoms with E-state index in [0.29, 0.717) is 18.6 Å². The van der Waals surface area contributed by atoms with Crippen molar-refractivity contribution in [2.75, 3.05) is 6.61 Å². The van der Waals surface area contributed by atoms with Crippen LogP contribution in [-0.2, 0) is 9.53 Å². The number of rotatable bonds is 10. The molecular formula is C24H31N4O9P. The van der Waals surface area contributed by atoms with Crippen molar-refractivity contribution in [3.05, 3.63) is 57.4 Å². The van der Waals surface area contributed by atoms with Crippen molar-refractivity contribution in [1.29, 1.82) is 0 Å². The fourth-order valence-electron chi connectivity index (χ4n) is 4.90. The molecule has 2 aromatic rings. The number of hydrogen-bond donors (Lipinski definition) is 4. The second kappa shape index (κ2) is 11.3. The molecule has 0 bridgehead atoms. The Bertz CT molecular complexity index is 1290. The van der Waals surface area contributed by atoms with Crippen molar-refractivity contribution in [1.82, 2.24) is 15.0 Å². The number of carbonyl (C=O) groups is 1. The van der Waals surface area contributed by atoms with Gasteiger partial charge in [0, 0.05) is 28.5 Å². The lowest BCUT2D eigenvalue weighted by Crippen LogP contribution is -2.38. The summed E-state index contributed by atoms with van der Waals surface area (Å²) in [5.74, 6) is -0.261. The zero-order valence-corrected chi connectivity index (χ0v) is 22.0. The average Bonchev–Trinajstić information content (AvgIpc) is 3.62. The van der Waals surface area contributed by atoms with Gasteiger partial charge in [0.15, 0.2) is 5.75 Å². The minimum Gasteiger partial charge on any atom is -0.574 e. The van der Waals surface area contributed by atoms with Gasteiger partial charge < -0.3 is 24.6 Å². The van der Waals surface area contributed by atoms with Gasteiger partial charge >= 0.3 is 19.8 Å². The number of nitrogens with zero attached hydrogens (tertiary/aromatic N) is 2. The van der Waals surface area contributed by atoms with Crippen LogP contribution in [0.3, 0.4) is 0 Å². The molecule has 1 heterocycles. The smallest absolute Gasteiger partial charge is 0.412 e. The molecule has 206 valence electrons. The quantitative estimate of drug-likeness (QED) is 0.183. The fourth-order valence-corrected chi connectivity index (χ4v) is 5.51. The summed E-state index contributed by atoms with van der Waals surface area (Å²) in [5, 5.41) is 21.6. The van der Waals surface area contributed by atoms with Crippen molar-refractivity contribution < 1.29 is 33.9 Å². The summed E-state index contributed by atoms with van der Waals surface area (Å²) in [6, 6.07) is 5.98. The highest BCUT2D eigenvalue weighted by molar-refractivity contribution is 7.33. The Morgan fingerprint density at radius 2 is 1.84 bits per heavy atom. The van der Waals surface area contributed by atoms with E-state index in [0.717, 1.165) is 0 Å². The molecule has 2 aliphatic rings. The van der Waals surface area contributed by atoms with Crippen LogP contribution in [0.25, 0.3) is 0 Å². The number of carbonyl (C=O) groups excluding carboxylic acids is 1. The van der Waals surface area contributed by atoms with Gasteiger partial charge in [-0.15, -0.1) is 0 Å². The summed E-state index contributed by atoms with van der Waals surface area (Å²) >= 11 is 0. The van der Waals surface area contributed by atoms with Crippen LogP contribution >= 0.6 is 8.17 Å². The lowest BCUT2D eigenvalue weighted by molar-refractivity contribution is -0.169. The monoisotopic (exact) mass is 550 g/mol. The molecule has 13 nitrogen and oxygen atoms in total. The van der Waals surface area contributed by atoms with Gasteiger partial charge in [0.2, 0.25) is 0 Å². The average molecular weight is 551 g/mol. The highest BCUT2D eigenvalue weighted by atomic mass is 31.1. The Kier molecular flexibility index (Phi) is 8.34. The van der Waals surface area contributed by atoms with E-state index in [1.54, 1.807) is 26.0 Å². The van der Waals surface area contributed by atoms with Crippen LogP contribution in [0.4, 0.5) is 0 Å². The summed E-state index contributed by atoms with van der Waals surface area (Å²) in [6.45, 7) is 5.05. The number of ether oxygens (including phenoxy) is 2. The summed E-state index contributed by atoms with van der Waals surface area (Å²) < 4.78 is 17.5. The highest BCUT2D eigenvalue weighted by Crippen LogP contribution is 2.66. The molecule has 6 atom stereocenters. The van der Waals surface area contributed by atoms with Crippen LogP contribution in [0.15, 0.2) is 51.0 Å². The molecule has 1 unspecified atom stereocenters. The predicted octanol–water partition coefficient (Wildman–Crippen LogP) is 0.368. The Labute approximate surface area is 219 Å². The topological polar surface area (TPSA) is 188 Å². The minimum absolute atomic E-state index is 0.0882. The van der Waals surface area contributed by atoms with Gasteiger partial charge in [-0.25, -0.2) is 4.79 Å². The first-order valence-corrected chi connectivity index (χ1v) is 13.4. The molecule has 1 aromatic heterocycles. The SMILES string of the molecule is CC(C)OC(=O)[C@@H](C)N/N=[P+](\[O-])Oc1ccc(OC[C@@H]2[C@@H](O)[C@@H](O)[C@H](n3ccc(=O)[nH]c3=O)C23CC3)cc1. The van der Waals surface area contributed by atoms with Crippen molar-refractivity contribution in [2.24, 2.45) is 16.2 Å². The van der Waals surface area contributed by atoms with E-state index in [-0.39, 0.29) is 18.5 Å². The number of nitrogens with one attached hydrogen (secondary N) is 2. The maximum absolute atomic E-state index is 12.4. The Morgan fingerprint density at radius 3 is 2.45 bits per heavy atom. The number of aliphatic hydroxyl groups is 2. The van der Waals surface area contributed by atoms with Crippen molar-refractivity contribution in [3.63, 3.8) is 0 Å². The van der Waals surface area contributed by atoms with Crippen LogP contribution in [0.5, 0.6) is 11.5 Å². The van der Waals surface area contributed by atoms with Crippen molar-refractivity contribution in [2.45, 2.75) is 64.0 Å². The van der Waals surface area contributed by atoms with E-state index < -0.39 is 61.0 Å². The largest absolute Gasteiger partial charge is 0.574 e. The predicted molar refractivity (Wildman–Crippen MR) is 133 cm³/mol. The molecule has 2 aliphatic carbocycles. The molecule has 2 saturated carbocycles. The fraction of sp³-hybridized carbons (Fsp3) is 0.542. The second-order valence-corrected chi connectivity index (χ2v) is 10.7. The number of aliphatic hydroxyl groups excluding tert-OH is 2. The Morgan fingerprint density at radius 1 is 1.18 bits per heavy atom. The molecular weight excluding hydrogens is 519 g/mol. The van der Waals surface area contributed by atoms with Gasteiger partial charge in [-0.05, 0) is 57.9 Å². The van der Waals surface area contributed by atoms with E-state index in [4.69, 9.17) is 14.0 Å². The number of hydrogen-bond acceptors (Lipinski definition) is 10. The van der Waals surface area contributed by atoms with E-state index in [2.05, 4.69) is 15.3 Å². The summed E-state index contributed by atoms with van der Waals surface area (Å²) in [7, 11) is -2.50. The van der Waals surface area contributed by atoms with Crippen LogP contribution in [-0.4, -0.2) is 56.7 Å². The zero-order chi connectivity index (χ0) is 27.6. The van der Waals surface area contributed by atoms with Gasteiger partial charge in [-0.1, -0.05) is 0 Å². The minimum atomic E-state index is -2.50. The van der Waals surface area contributed by atoms with Crippen molar-refractivity contribution in [3.8, 4) is 11.5 Å². The molecule has 4 rings (SSSR count). The summed E-state index contributed by atoms with van der Waals surface area (Å²) in [4.78, 5) is 53.5. The molecule has 38 heavy (non-hydrogen) atoms. The number of benzene rings is 1. The maximum Gasteiger partial charge on any atom is 0.412 e. The number of aromatic nitrogens is 2. The van der Waals surface area contributed by atoms with Crippen LogP contribution < -0.4 is 30.8 Å². The van der Waals surface area contributed by atoms with Gasteiger partial charge in [-0.2, -0.15) is 5.43 Å². The lowest BCUT2D eigenvalue weighted by Gasteiger charge is -2.26. The maximum atomic E-state index is 12.4. The number of H-pyrrole nitrogens is 1. The normalized spacial score (nSPS) is 24.9. The van der Waals surface area contributed by atoms with E-state index >= 15 is 0 Å². The molecule has 14 heteroatoms. The van der Waals surface area contributed by atoms with E-state index in [1.165, 1.54) is 35.9 Å². The molecule has 0 saturated heterocycles. The molecule has 1 aromatic carbocycles. The standard InChI is InChI=1S/C24H31N4O9P/c1-13(2)36-22(32)14(3)26-27-38(34)37-16-6-4-15(5-7-16)35-12-17-19(30)20(31)21(24(17)9-10-24)28-11-8-18(29)25-23(28)33/h4-8,11,13-14,17,19-21,26,30-31H,9-10,12H2,1-3H3,(H,25,29,33)/t14-,17-,19-,20-,21+/m1/s1. The van der Waals surface area contributed by atoms with Gasteiger partial charge in [-0.3, -0.25) is 23.7 Å². The third-order valence-corrected chi connectivity index (χ3v) is 7.51.